The molecular formula is C15H30N2. The molecule has 1 saturated carbocycles. The molecule has 0 aromatic carbocycles. The van der Waals surface area contributed by atoms with Gasteiger partial charge in [0.25, 0.3) is 0 Å². The average molecular weight is 238 g/mol. The maximum Gasteiger partial charge on any atom is 0.0121 e. The standard InChI is InChI=1S/C15H30N2/c1-11-9-15(3,4)7-5-14(11)17-8-6-13(10-17)12(2)16/h11-14H,5-10,16H2,1-4H3. The van der Waals surface area contributed by atoms with Gasteiger partial charge >= 0.3 is 0 Å². The van der Waals surface area contributed by atoms with Crippen molar-refractivity contribution in [3.63, 3.8) is 0 Å². The van der Waals surface area contributed by atoms with Gasteiger partial charge in [-0.3, -0.25) is 4.90 Å². The van der Waals surface area contributed by atoms with Crippen LogP contribution in [0.4, 0.5) is 0 Å². The zero-order valence-electron chi connectivity index (χ0n) is 12.1. The fourth-order valence-electron chi connectivity index (χ4n) is 4.02. The van der Waals surface area contributed by atoms with Crippen molar-refractivity contribution in [3.8, 4) is 0 Å². The van der Waals surface area contributed by atoms with Crippen molar-refractivity contribution < 1.29 is 0 Å². The van der Waals surface area contributed by atoms with Gasteiger partial charge in [0.1, 0.15) is 0 Å². The minimum absolute atomic E-state index is 0.371. The molecule has 100 valence electrons. The van der Waals surface area contributed by atoms with Crippen molar-refractivity contribution in [2.75, 3.05) is 13.1 Å². The number of hydrogen-bond donors (Lipinski definition) is 1. The van der Waals surface area contributed by atoms with Crippen LogP contribution in [-0.2, 0) is 0 Å². The molecule has 0 aromatic heterocycles. The van der Waals surface area contributed by atoms with Gasteiger partial charge in [0.15, 0.2) is 0 Å². The fraction of sp³-hybridized carbons (Fsp3) is 1.00. The summed E-state index contributed by atoms with van der Waals surface area (Å²) in [5, 5.41) is 0. The third-order valence-electron chi connectivity index (χ3n) is 5.12. The molecule has 2 rings (SSSR count). The molecule has 2 aliphatic rings. The Morgan fingerprint density at radius 3 is 2.53 bits per heavy atom. The summed E-state index contributed by atoms with van der Waals surface area (Å²) in [4.78, 5) is 2.73. The van der Waals surface area contributed by atoms with Crippen LogP contribution in [0.25, 0.3) is 0 Å². The predicted octanol–water partition coefficient (Wildman–Crippen LogP) is 2.87. The molecule has 2 heteroatoms. The zero-order valence-corrected chi connectivity index (χ0v) is 12.1. The lowest BCUT2D eigenvalue weighted by Gasteiger charge is -2.43. The molecule has 1 aliphatic carbocycles. The largest absolute Gasteiger partial charge is 0.328 e. The van der Waals surface area contributed by atoms with Crippen LogP contribution in [0.3, 0.4) is 0 Å². The van der Waals surface area contributed by atoms with Crippen LogP contribution in [0.5, 0.6) is 0 Å². The van der Waals surface area contributed by atoms with Crippen LogP contribution >= 0.6 is 0 Å². The molecule has 2 N–H and O–H groups in total. The number of nitrogens with two attached hydrogens (primary N) is 1. The molecule has 1 aliphatic heterocycles. The van der Waals surface area contributed by atoms with Crippen LogP contribution in [0, 0.1) is 17.3 Å². The van der Waals surface area contributed by atoms with Crippen LogP contribution < -0.4 is 5.73 Å². The summed E-state index contributed by atoms with van der Waals surface area (Å²) >= 11 is 0. The van der Waals surface area contributed by atoms with Gasteiger partial charge in [-0.1, -0.05) is 20.8 Å². The van der Waals surface area contributed by atoms with E-state index in [0.717, 1.165) is 17.9 Å². The highest BCUT2D eigenvalue weighted by Crippen LogP contribution is 2.41. The van der Waals surface area contributed by atoms with E-state index in [0.29, 0.717) is 11.5 Å². The van der Waals surface area contributed by atoms with Crippen molar-refractivity contribution in [3.05, 3.63) is 0 Å². The Kier molecular flexibility index (Phi) is 3.84. The monoisotopic (exact) mass is 238 g/mol. The summed E-state index contributed by atoms with van der Waals surface area (Å²) in [6.07, 6.45) is 5.47. The lowest BCUT2D eigenvalue weighted by molar-refractivity contribution is 0.0726. The van der Waals surface area contributed by atoms with E-state index in [1.165, 1.54) is 38.8 Å². The maximum absolute atomic E-state index is 6.04. The summed E-state index contributed by atoms with van der Waals surface area (Å²) < 4.78 is 0. The molecule has 2 fully saturated rings. The Labute approximate surface area is 107 Å². The van der Waals surface area contributed by atoms with Gasteiger partial charge in [0.2, 0.25) is 0 Å². The molecule has 1 saturated heterocycles. The molecule has 0 amide bonds. The zero-order chi connectivity index (χ0) is 12.6. The Bertz CT molecular complexity index is 260. The van der Waals surface area contributed by atoms with E-state index >= 15 is 0 Å². The van der Waals surface area contributed by atoms with Gasteiger partial charge in [-0.15, -0.1) is 0 Å². The first-order valence-corrected chi connectivity index (χ1v) is 7.39. The van der Waals surface area contributed by atoms with Crippen LogP contribution in [0.1, 0.15) is 53.4 Å². The second kappa shape index (κ2) is 4.89. The number of rotatable bonds is 2. The van der Waals surface area contributed by atoms with Crippen LogP contribution in [0.15, 0.2) is 0 Å². The van der Waals surface area contributed by atoms with Gasteiger partial charge in [-0.2, -0.15) is 0 Å². The van der Waals surface area contributed by atoms with E-state index in [1.807, 2.05) is 0 Å². The lowest BCUT2D eigenvalue weighted by Crippen LogP contribution is -2.44. The smallest absolute Gasteiger partial charge is 0.0121 e. The van der Waals surface area contributed by atoms with Crippen molar-refractivity contribution in [1.82, 2.24) is 4.90 Å². The van der Waals surface area contributed by atoms with E-state index in [1.54, 1.807) is 0 Å². The minimum Gasteiger partial charge on any atom is -0.328 e. The van der Waals surface area contributed by atoms with E-state index < -0.39 is 0 Å². The van der Waals surface area contributed by atoms with Gasteiger partial charge in [-0.05, 0) is 56.4 Å². The van der Waals surface area contributed by atoms with E-state index in [2.05, 4.69) is 32.6 Å². The van der Waals surface area contributed by atoms with Gasteiger partial charge in [0, 0.05) is 18.6 Å². The van der Waals surface area contributed by atoms with Crippen LogP contribution in [-0.4, -0.2) is 30.1 Å². The van der Waals surface area contributed by atoms with E-state index in [-0.39, 0.29) is 0 Å². The second-order valence-corrected chi connectivity index (χ2v) is 7.35. The maximum atomic E-state index is 6.04. The normalized spacial score (nSPS) is 40.4. The highest BCUT2D eigenvalue weighted by Gasteiger charge is 2.38. The summed E-state index contributed by atoms with van der Waals surface area (Å²) in [6.45, 7) is 12.0. The molecule has 1 heterocycles. The van der Waals surface area contributed by atoms with Gasteiger partial charge in [0.05, 0.1) is 0 Å². The van der Waals surface area contributed by atoms with Crippen molar-refractivity contribution >= 4 is 0 Å². The summed E-state index contributed by atoms with van der Waals surface area (Å²) in [5.41, 5.74) is 6.61. The SMILES string of the molecule is CC(N)C1CCN(C2CCC(C)(C)CC2C)C1. The van der Waals surface area contributed by atoms with Gasteiger partial charge in [-0.25, -0.2) is 0 Å². The molecule has 0 spiro atoms. The van der Waals surface area contributed by atoms with Crippen molar-refractivity contribution in [1.29, 1.82) is 0 Å². The fourth-order valence-corrected chi connectivity index (χ4v) is 4.02. The Balaban J connectivity index is 1.92. The molecule has 2 nitrogen and oxygen atoms in total. The average Bonchev–Trinajstić information content (AvgIpc) is 2.65. The molecular weight excluding hydrogens is 208 g/mol. The quantitative estimate of drug-likeness (QED) is 0.801. The Hall–Kier alpha value is -0.0800. The first-order valence-electron chi connectivity index (χ1n) is 7.39. The van der Waals surface area contributed by atoms with Crippen molar-refractivity contribution in [2.45, 2.75) is 65.5 Å². The second-order valence-electron chi connectivity index (χ2n) is 7.35. The first-order chi connectivity index (χ1) is 7.89. The number of nitrogens with zero attached hydrogens (tertiary/aromatic N) is 1. The summed E-state index contributed by atoms with van der Waals surface area (Å²) in [6, 6.07) is 1.20. The Morgan fingerprint density at radius 2 is 2.00 bits per heavy atom. The number of hydrogen-bond acceptors (Lipinski definition) is 2. The predicted molar refractivity (Wildman–Crippen MR) is 73.9 cm³/mol. The van der Waals surface area contributed by atoms with Crippen LogP contribution in [0.2, 0.25) is 0 Å². The molecule has 0 bridgehead atoms. The van der Waals surface area contributed by atoms with E-state index in [9.17, 15) is 0 Å². The Morgan fingerprint density at radius 1 is 1.29 bits per heavy atom. The van der Waals surface area contributed by atoms with E-state index in [4.69, 9.17) is 5.73 Å². The molecule has 0 radical (unpaired) electrons. The highest BCUT2D eigenvalue weighted by atomic mass is 15.2. The third-order valence-corrected chi connectivity index (χ3v) is 5.12. The first kappa shape index (κ1) is 13.4. The summed E-state index contributed by atoms with van der Waals surface area (Å²) in [7, 11) is 0. The molecule has 0 aromatic rings. The lowest BCUT2D eigenvalue weighted by atomic mass is 9.70. The third kappa shape index (κ3) is 3.03. The summed E-state index contributed by atoms with van der Waals surface area (Å²) in [5.74, 6) is 1.59. The minimum atomic E-state index is 0.371. The van der Waals surface area contributed by atoms with Crippen molar-refractivity contribution in [2.24, 2.45) is 23.0 Å². The highest BCUT2D eigenvalue weighted by molar-refractivity contribution is 4.92. The molecule has 4 unspecified atom stereocenters. The topological polar surface area (TPSA) is 29.3 Å². The van der Waals surface area contributed by atoms with Gasteiger partial charge < -0.3 is 5.73 Å². The molecule has 17 heavy (non-hydrogen) atoms. The number of likely N-dealkylation sites (tertiary alicyclic amines) is 1. The molecule has 4 atom stereocenters.